The molecule has 1 heterocycles. The number of aryl methyl sites for hydroxylation is 3. The van der Waals surface area contributed by atoms with Crippen molar-refractivity contribution in [1.82, 2.24) is 4.57 Å². The monoisotopic (exact) mass is 362 g/mol. The van der Waals surface area contributed by atoms with Crippen LogP contribution in [0.5, 0.6) is 0 Å². The zero-order valence-electron chi connectivity index (χ0n) is 17.3. The molecule has 1 amide bonds. The number of amides is 1. The number of nitrogens with one attached hydrogen (secondary N) is 1. The number of aromatic nitrogens is 1. The van der Waals surface area contributed by atoms with Crippen LogP contribution in [0.4, 0.5) is 5.69 Å². The number of benzene rings is 2. The Labute approximate surface area is 162 Å². The number of fused-ring (bicyclic) bond motifs is 1. The molecule has 0 aliphatic heterocycles. The predicted molar refractivity (Wildman–Crippen MR) is 115 cm³/mol. The zero-order valence-corrected chi connectivity index (χ0v) is 17.3. The Morgan fingerprint density at radius 3 is 2.26 bits per heavy atom. The third-order valence-corrected chi connectivity index (χ3v) is 5.33. The molecule has 0 saturated heterocycles. The molecule has 0 fully saturated rings. The van der Waals surface area contributed by atoms with E-state index in [0.717, 1.165) is 35.4 Å². The molecule has 0 aliphatic carbocycles. The standard InChI is InChI=1S/C24H30N2O/c1-7-17-9-14-21-20(15-17)16(3)22(26(21)8-2)23(27)25-19-12-10-18(11-13-19)24(4,5)6/h9-15H,7-8H2,1-6H3,(H,25,27). The van der Waals surface area contributed by atoms with Crippen molar-refractivity contribution in [3.8, 4) is 0 Å². The van der Waals surface area contributed by atoms with Crippen LogP contribution >= 0.6 is 0 Å². The van der Waals surface area contributed by atoms with E-state index in [0.29, 0.717) is 0 Å². The molecule has 1 aromatic heterocycles. The Morgan fingerprint density at radius 2 is 1.70 bits per heavy atom. The Hall–Kier alpha value is -2.55. The minimum Gasteiger partial charge on any atom is -0.337 e. The summed E-state index contributed by atoms with van der Waals surface area (Å²) in [6.45, 7) is 13.6. The first-order valence-corrected chi connectivity index (χ1v) is 9.79. The average Bonchev–Trinajstić information content (AvgIpc) is 2.92. The summed E-state index contributed by atoms with van der Waals surface area (Å²) in [7, 11) is 0. The molecule has 0 saturated carbocycles. The van der Waals surface area contributed by atoms with Crippen LogP contribution in [0.15, 0.2) is 42.5 Å². The predicted octanol–water partition coefficient (Wildman–Crippen LogP) is 6.08. The SMILES string of the molecule is CCc1ccc2c(c1)c(C)c(C(=O)Nc1ccc(C(C)(C)C)cc1)n2CC. The summed E-state index contributed by atoms with van der Waals surface area (Å²) >= 11 is 0. The number of anilines is 1. The second-order valence-electron chi connectivity index (χ2n) is 8.20. The van der Waals surface area contributed by atoms with Gasteiger partial charge in [0.15, 0.2) is 0 Å². The fraction of sp³-hybridized carbons (Fsp3) is 0.375. The van der Waals surface area contributed by atoms with Gasteiger partial charge in [0.05, 0.1) is 0 Å². The second kappa shape index (κ2) is 7.22. The number of hydrogen-bond acceptors (Lipinski definition) is 1. The lowest BCUT2D eigenvalue weighted by molar-refractivity contribution is 0.101. The highest BCUT2D eigenvalue weighted by atomic mass is 16.2. The second-order valence-corrected chi connectivity index (χ2v) is 8.20. The highest BCUT2D eigenvalue weighted by Crippen LogP contribution is 2.28. The summed E-state index contributed by atoms with van der Waals surface area (Å²) in [5, 5.41) is 4.25. The minimum absolute atomic E-state index is 0.0490. The lowest BCUT2D eigenvalue weighted by Crippen LogP contribution is -2.18. The summed E-state index contributed by atoms with van der Waals surface area (Å²) in [6, 6.07) is 14.7. The molecule has 27 heavy (non-hydrogen) atoms. The smallest absolute Gasteiger partial charge is 0.272 e. The van der Waals surface area contributed by atoms with Crippen LogP contribution in [0.3, 0.4) is 0 Å². The quantitative estimate of drug-likeness (QED) is 0.599. The van der Waals surface area contributed by atoms with Crippen LogP contribution in [0.2, 0.25) is 0 Å². The van der Waals surface area contributed by atoms with E-state index in [4.69, 9.17) is 0 Å². The summed E-state index contributed by atoms with van der Waals surface area (Å²) in [6.07, 6.45) is 0.994. The first-order valence-electron chi connectivity index (χ1n) is 9.79. The lowest BCUT2D eigenvalue weighted by atomic mass is 9.87. The van der Waals surface area contributed by atoms with Crippen molar-refractivity contribution in [2.45, 2.75) is 59.9 Å². The molecule has 0 atom stereocenters. The van der Waals surface area contributed by atoms with E-state index in [1.165, 1.54) is 16.5 Å². The molecular weight excluding hydrogens is 332 g/mol. The molecule has 3 nitrogen and oxygen atoms in total. The van der Waals surface area contributed by atoms with Gasteiger partial charge in [0.1, 0.15) is 5.69 Å². The Bertz CT molecular complexity index is 972. The zero-order chi connectivity index (χ0) is 19.8. The largest absolute Gasteiger partial charge is 0.337 e. The van der Waals surface area contributed by atoms with Crippen molar-refractivity contribution >= 4 is 22.5 Å². The van der Waals surface area contributed by atoms with E-state index >= 15 is 0 Å². The van der Waals surface area contributed by atoms with Crippen LogP contribution in [0, 0.1) is 6.92 Å². The third kappa shape index (κ3) is 3.64. The van der Waals surface area contributed by atoms with E-state index in [1.54, 1.807) is 0 Å². The van der Waals surface area contributed by atoms with Crippen LogP contribution in [0.1, 0.15) is 61.8 Å². The van der Waals surface area contributed by atoms with Gasteiger partial charge in [-0.1, -0.05) is 45.9 Å². The Morgan fingerprint density at radius 1 is 1.04 bits per heavy atom. The van der Waals surface area contributed by atoms with E-state index in [2.05, 4.69) is 74.8 Å². The molecule has 3 rings (SSSR count). The van der Waals surface area contributed by atoms with Gasteiger partial charge in [0.25, 0.3) is 5.91 Å². The molecule has 3 heteroatoms. The summed E-state index contributed by atoms with van der Waals surface area (Å²) < 4.78 is 2.11. The van der Waals surface area contributed by atoms with Crippen molar-refractivity contribution < 1.29 is 4.79 Å². The molecule has 1 N–H and O–H groups in total. The van der Waals surface area contributed by atoms with Crippen molar-refractivity contribution in [3.05, 3.63) is 64.8 Å². The maximum atomic E-state index is 13.1. The number of hydrogen-bond donors (Lipinski definition) is 1. The van der Waals surface area contributed by atoms with Gasteiger partial charge < -0.3 is 9.88 Å². The molecule has 0 unspecified atom stereocenters. The van der Waals surface area contributed by atoms with E-state index in [9.17, 15) is 4.79 Å². The molecule has 0 aliphatic rings. The maximum Gasteiger partial charge on any atom is 0.272 e. The van der Waals surface area contributed by atoms with Crippen molar-refractivity contribution in [1.29, 1.82) is 0 Å². The van der Waals surface area contributed by atoms with Gasteiger partial charge in [-0.2, -0.15) is 0 Å². The molecule has 3 aromatic rings. The first-order chi connectivity index (χ1) is 12.8. The van der Waals surface area contributed by atoms with Crippen LogP contribution in [-0.2, 0) is 18.4 Å². The van der Waals surface area contributed by atoms with Crippen LogP contribution in [-0.4, -0.2) is 10.5 Å². The summed E-state index contributed by atoms with van der Waals surface area (Å²) in [5.74, 6) is -0.0490. The number of carbonyl (C=O) groups is 1. The van der Waals surface area contributed by atoms with Crippen LogP contribution in [0.25, 0.3) is 10.9 Å². The summed E-state index contributed by atoms with van der Waals surface area (Å²) in [4.78, 5) is 13.1. The number of nitrogens with zero attached hydrogens (tertiary/aromatic N) is 1. The summed E-state index contributed by atoms with van der Waals surface area (Å²) in [5.41, 5.74) is 6.40. The fourth-order valence-corrected chi connectivity index (χ4v) is 3.65. The van der Waals surface area contributed by atoms with Crippen molar-refractivity contribution in [2.24, 2.45) is 0 Å². The van der Waals surface area contributed by atoms with Gasteiger partial charge in [-0.3, -0.25) is 4.79 Å². The van der Waals surface area contributed by atoms with Gasteiger partial charge in [-0.25, -0.2) is 0 Å². The topological polar surface area (TPSA) is 34.0 Å². The van der Waals surface area contributed by atoms with E-state index in [-0.39, 0.29) is 11.3 Å². The molecule has 2 aromatic carbocycles. The Kier molecular flexibility index (Phi) is 5.14. The molecule has 0 spiro atoms. The van der Waals surface area contributed by atoms with Crippen LogP contribution < -0.4 is 5.32 Å². The van der Waals surface area contributed by atoms with Gasteiger partial charge in [-0.15, -0.1) is 0 Å². The lowest BCUT2D eigenvalue weighted by Gasteiger charge is -2.19. The molecule has 0 radical (unpaired) electrons. The Balaban J connectivity index is 1.97. The van der Waals surface area contributed by atoms with Gasteiger partial charge in [0.2, 0.25) is 0 Å². The maximum absolute atomic E-state index is 13.1. The normalized spacial score (nSPS) is 11.8. The fourth-order valence-electron chi connectivity index (χ4n) is 3.65. The van der Waals surface area contributed by atoms with Gasteiger partial charge in [0, 0.05) is 23.1 Å². The highest BCUT2D eigenvalue weighted by Gasteiger charge is 2.20. The van der Waals surface area contributed by atoms with E-state index < -0.39 is 0 Å². The van der Waals surface area contributed by atoms with Gasteiger partial charge in [-0.05, 0) is 66.6 Å². The first kappa shape index (κ1) is 19.2. The molecular formula is C24H30N2O. The van der Waals surface area contributed by atoms with Gasteiger partial charge >= 0.3 is 0 Å². The van der Waals surface area contributed by atoms with Crippen molar-refractivity contribution in [3.63, 3.8) is 0 Å². The molecule has 0 bridgehead atoms. The molecule has 142 valence electrons. The number of carbonyl (C=O) groups excluding carboxylic acids is 1. The minimum atomic E-state index is -0.0490. The van der Waals surface area contributed by atoms with Crippen molar-refractivity contribution in [2.75, 3.05) is 5.32 Å². The average molecular weight is 363 g/mol. The van der Waals surface area contributed by atoms with E-state index in [1.807, 2.05) is 19.1 Å². The number of rotatable bonds is 4. The highest BCUT2D eigenvalue weighted by molar-refractivity contribution is 6.08. The third-order valence-electron chi connectivity index (χ3n) is 5.33.